The summed E-state index contributed by atoms with van der Waals surface area (Å²) in [5.74, 6) is 0. The van der Waals surface area contributed by atoms with Crippen molar-refractivity contribution in [3.05, 3.63) is 65.7 Å². The Bertz CT molecular complexity index is 556. The number of hydrogen-bond donors (Lipinski definition) is 0. The highest BCUT2D eigenvalue weighted by molar-refractivity contribution is 7.56. The smallest absolute Gasteiger partial charge is 0.206 e. The quantitative estimate of drug-likeness (QED) is 0.761. The Morgan fingerprint density at radius 3 is 2.60 bits per heavy atom. The molecule has 0 N–H and O–H groups in total. The molecule has 0 aromatic heterocycles. The third-order valence-corrected chi connectivity index (χ3v) is 5.01. The van der Waals surface area contributed by atoms with Crippen molar-refractivity contribution in [2.24, 2.45) is 0 Å². The Kier molecular flexibility index (Phi) is 4.47. The lowest BCUT2D eigenvalue weighted by molar-refractivity contribution is 0.189. The van der Waals surface area contributed by atoms with Crippen LogP contribution in [0.5, 0.6) is 0 Å². The van der Waals surface area contributed by atoms with E-state index in [1.165, 1.54) is 11.1 Å². The third-order valence-electron chi connectivity index (χ3n) is 3.48. The van der Waals surface area contributed by atoms with Crippen LogP contribution in [0.15, 0.2) is 54.6 Å². The summed E-state index contributed by atoms with van der Waals surface area (Å²) in [5, 5.41) is 1.15. The molecule has 2 atom stereocenters. The molecule has 2 aromatic rings. The highest BCUT2D eigenvalue weighted by Gasteiger charge is 2.26. The molecule has 2 nitrogen and oxygen atoms in total. The molecule has 0 aliphatic carbocycles. The van der Waals surface area contributed by atoms with Gasteiger partial charge in [-0.25, -0.2) is 0 Å². The number of benzene rings is 2. The van der Waals surface area contributed by atoms with E-state index in [1.807, 2.05) is 18.2 Å². The molecule has 0 fully saturated rings. The predicted molar refractivity (Wildman–Crippen MR) is 83.0 cm³/mol. The highest BCUT2D eigenvalue weighted by atomic mass is 31.2. The second kappa shape index (κ2) is 6.49. The summed E-state index contributed by atoms with van der Waals surface area (Å²) in [5.41, 5.74) is 2.54. The van der Waals surface area contributed by atoms with Gasteiger partial charge >= 0.3 is 0 Å². The summed E-state index contributed by atoms with van der Waals surface area (Å²) in [6.45, 7) is 2.83. The SMILES string of the molecule is CCCC1OP(c2ccccc2)OCc2ccccc21. The second-order valence-corrected chi connectivity index (χ2v) is 6.45. The molecule has 2 aromatic carbocycles. The molecular weight excluding hydrogens is 267 g/mol. The van der Waals surface area contributed by atoms with E-state index in [2.05, 4.69) is 43.3 Å². The van der Waals surface area contributed by atoms with Crippen molar-refractivity contribution < 1.29 is 9.05 Å². The van der Waals surface area contributed by atoms with Crippen molar-refractivity contribution in [3.63, 3.8) is 0 Å². The fourth-order valence-corrected chi connectivity index (χ4v) is 3.92. The Morgan fingerprint density at radius 1 is 1.05 bits per heavy atom. The summed E-state index contributed by atoms with van der Waals surface area (Å²) < 4.78 is 12.3. The average molecular weight is 286 g/mol. The fraction of sp³-hybridized carbons (Fsp3) is 0.294. The van der Waals surface area contributed by atoms with E-state index in [9.17, 15) is 0 Å². The van der Waals surface area contributed by atoms with Crippen LogP contribution in [-0.4, -0.2) is 0 Å². The summed E-state index contributed by atoms with van der Waals surface area (Å²) in [4.78, 5) is 0. The Morgan fingerprint density at radius 2 is 1.80 bits per heavy atom. The molecule has 20 heavy (non-hydrogen) atoms. The predicted octanol–water partition coefficient (Wildman–Crippen LogP) is 4.71. The minimum atomic E-state index is -0.991. The molecule has 2 unspecified atom stereocenters. The van der Waals surface area contributed by atoms with Crippen LogP contribution in [0.25, 0.3) is 0 Å². The van der Waals surface area contributed by atoms with Crippen LogP contribution >= 0.6 is 8.38 Å². The normalized spacial score (nSPS) is 22.1. The lowest BCUT2D eigenvalue weighted by atomic mass is 10.00. The van der Waals surface area contributed by atoms with Crippen LogP contribution < -0.4 is 5.30 Å². The number of fused-ring (bicyclic) bond motifs is 1. The Balaban J connectivity index is 1.90. The molecule has 3 heteroatoms. The van der Waals surface area contributed by atoms with Gasteiger partial charge in [-0.15, -0.1) is 0 Å². The van der Waals surface area contributed by atoms with Crippen molar-refractivity contribution in [3.8, 4) is 0 Å². The van der Waals surface area contributed by atoms with Crippen LogP contribution in [0, 0.1) is 0 Å². The van der Waals surface area contributed by atoms with E-state index in [0.29, 0.717) is 6.61 Å². The molecule has 0 bridgehead atoms. The second-order valence-electron chi connectivity index (χ2n) is 4.95. The first-order valence-corrected chi connectivity index (χ1v) is 8.29. The van der Waals surface area contributed by atoms with Crippen LogP contribution in [0.1, 0.15) is 37.0 Å². The van der Waals surface area contributed by atoms with Crippen LogP contribution in [0.4, 0.5) is 0 Å². The first kappa shape index (κ1) is 13.8. The molecule has 1 aliphatic rings. The van der Waals surface area contributed by atoms with Gasteiger partial charge in [0.15, 0.2) is 0 Å². The van der Waals surface area contributed by atoms with Gasteiger partial charge in [0.05, 0.1) is 12.7 Å². The molecular formula is C17H19O2P. The molecule has 0 saturated heterocycles. The highest BCUT2D eigenvalue weighted by Crippen LogP contribution is 2.48. The van der Waals surface area contributed by atoms with Gasteiger partial charge in [-0.2, -0.15) is 0 Å². The summed E-state index contributed by atoms with van der Waals surface area (Å²) in [6.07, 6.45) is 2.29. The van der Waals surface area contributed by atoms with Gasteiger partial charge in [-0.05, 0) is 29.7 Å². The maximum Gasteiger partial charge on any atom is 0.206 e. The van der Waals surface area contributed by atoms with Crippen molar-refractivity contribution >= 4 is 13.7 Å². The van der Waals surface area contributed by atoms with Crippen molar-refractivity contribution in [1.82, 2.24) is 0 Å². The zero-order chi connectivity index (χ0) is 13.8. The van der Waals surface area contributed by atoms with Gasteiger partial charge < -0.3 is 9.05 Å². The van der Waals surface area contributed by atoms with Gasteiger partial charge in [0, 0.05) is 5.30 Å². The van der Waals surface area contributed by atoms with Crippen LogP contribution in [0.2, 0.25) is 0 Å². The van der Waals surface area contributed by atoms with E-state index >= 15 is 0 Å². The molecule has 3 rings (SSSR count). The molecule has 0 radical (unpaired) electrons. The van der Waals surface area contributed by atoms with E-state index in [1.54, 1.807) is 0 Å². The summed E-state index contributed by atoms with van der Waals surface area (Å²) in [7, 11) is -0.991. The zero-order valence-corrected chi connectivity index (χ0v) is 12.6. The van der Waals surface area contributed by atoms with Gasteiger partial charge in [0.25, 0.3) is 0 Å². The van der Waals surface area contributed by atoms with Crippen molar-refractivity contribution in [2.45, 2.75) is 32.5 Å². The van der Waals surface area contributed by atoms with Gasteiger partial charge in [-0.3, -0.25) is 0 Å². The maximum atomic E-state index is 6.31. The standard InChI is InChI=1S/C17H19O2P/c1-2-8-17-16-12-7-6-9-14(16)13-18-20(19-17)15-10-4-3-5-11-15/h3-7,9-12,17H,2,8,13H2,1H3. The van der Waals surface area contributed by atoms with E-state index in [4.69, 9.17) is 9.05 Å². The van der Waals surface area contributed by atoms with Gasteiger partial charge in [-0.1, -0.05) is 55.8 Å². The number of rotatable bonds is 3. The van der Waals surface area contributed by atoms with Gasteiger partial charge in [0.1, 0.15) is 0 Å². The fourth-order valence-electron chi connectivity index (χ4n) is 2.47. The van der Waals surface area contributed by atoms with Crippen molar-refractivity contribution in [1.29, 1.82) is 0 Å². The van der Waals surface area contributed by atoms with Crippen LogP contribution in [0.3, 0.4) is 0 Å². The summed E-state index contributed by atoms with van der Waals surface area (Å²) in [6, 6.07) is 18.7. The molecule has 0 spiro atoms. The summed E-state index contributed by atoms with van der Waals surface area (Å²) >= 11 is 0. The topological polar surface area (TPSA) is 18.5 Å². The zero-order valence-electron chi connectivity index (χ0n) is 11.7. The lowest BCUT2D eigenvalue weighted by Crippen LogP contribution is -2.07. The maximum absolute atomic E-state index is 6.31. The van der Waals surface area contributed by atoms with E-state index < -0.39 is 8.38 Å². The molecule has 0 saturated carbocycles. The first-order chi connectivity index (χ1) is 9.88. The van der Waals surface area contributed by atoms with Crippen molar-refractivity contribution in [2.75, 3.05) is 0 Å². The largest absolute Gasteiger partial charge is 0.326 e. The number of hydrogen-bond acceptors (Lipinski definition) is 2. The lowest BCUT2D eigenvalue weighted by Gasteiger charge is -2.21. The molecule has 1 heterocycles. The first-order valence-electron chi connectivity index (χ1n) is 7.11. The molecule has 1 aliphatic heterocycles. The minimum Gasteiger partial charge on any atom is -0.326 e. The molecule has 104 valence electrons. The van der Waals surface area contributed by atoms with Crippen LogP contribution in [-0.2, 0) is 15.7 Å². The average Bonchev–Trinajstić information content (AvgIpc) is 2.69. The Labute approximate surface area is 121 Å². The monoisotopic (exact) mass is 286 g/mol. The Hall–Kier alpha value is -1.21. The minimum absolute atomic E-state index is 0.144. The van der Waals surface area contributed by atoms with E-state index in [0.717, 1.165) is 18.1 Å². The molecule has 0 amide bonds. The third kappa shape index (κ3) is 2.93. The van der Waals surface area contributed by atoms with Gasteiger partial charge in [0.2, 0.25) is 8.38 Å². The van der Waals surface area contributed by atoms with E-state index in [-0.39, 0.29) is 6.10 Å².